The number of carbonyl (C=O) groups excluding carboxylic acids is 2. The number of likely N-dealkylation sites (N-methyl/N-ethyl adjacent to an activating group) is 1. The number of hydrogen-bond donors (Lipinski definition) is 3. The third kappa shape index (κ3) is 5.22. The SMILES string of the molecule is C[N+]1(CC2CCCCC2)CCc2c(sc(NC(=O)Nc3ccc(Cl)cc3)c2C(N)=O)C1. The van der Waals surface area contributed by atoms with E-state index in [2.05, 4.69) is 17.7 Å². The Morgan fingerprint density at radius 2 is 1.87 bits per heavy atom. The van der Waals surface area contributed by atoms with Crippen molar-refractivity contribution in [2.45, 2.75) is 45.1 Å². The van der Waals surface area contributed by atoms with E-state index in [1.54, 1.807) is 24.3 Å². The Kier molecular flexibility index (Phi) is 6.55. The van der Waals surface area contributed by atoms with Crippen LogP contribution in [-0.2, 0) is 13.0 Å². The number of primary amides is 1. The van der Waals surface area contributed by atoms with E-state index in [0.717, 1.165) is 35.5 Å². The average Bonchev–Trinajstić information content (AvgIpc) is 3.06. The molecule has 1 saturated carbocycles. The Balaban J connectivity index is 1.49. The quantitative estimate of drug-likeness (QED) is 0.533. The number of quaternary nitrogens is 1. The Morgan fingerprint density at radius 1 is 1.16 bits per heavy atom. The van der Waals surface area contributed by atoms with Crippen molar-refractivity contribution in [2.24, 2.45) is 11.7 Å². The summed E-state index contributed by atoms with van der Waals surface area (Å²) in [6.45, 7) is 3.07. The van der Waals surface area contributed by atoms with Gasteiger partial charge in [0.1, 0.15) is 11.5 Å². The highest BCUT2D eigenvalue weighted by Crippen LogP contribution is 2.39. The lowest BCUT2D eigenvalue weighted by Gasteiger charge is -2.41. The molecule has 4 N–H and O–H groups in total. The highest BCUT2D eigenvalue weighted by Gasteiger charge is 2.36. The highest BCUT2D eigenvalue weighted by atomic mass is 35.5. The number of nitrogens with one attached hydrogen (secondary N) is 2. The van der Waals surface area contributed by atoms with Crippen molar-refractivity contribution in [3.05, 3.63) is 45.3 Å². The van der Waals surface area contributed by atoms with Gasteiger partial charge in [-0.3, -0.25) is 10.1 Å². The van der Waals surface area contributed by atoms with E-state index in [1.807, 2.05) is 0 Å². The monoisotopic (exact) mass is 461 g/mol. The molecule has 1 aliphatic heterocycles. The molecule has 8 heteroatoms. The molecule has 1 unspecified atom stereocenters. The molecule has 1 fully saturated rings. The zero-order chi connectivity index (χ0) is 22.0. The lowest BCUT2D eigenvalue weighted by atomic mass is 9.87. The fourth-order valence-corrected chi connectivity index (χ4v) is 6.55. The van der Waals surface area contributed by atoms with Gasteiger partial charge in [0.25, 0.3) is 5.91 Å². The van der Waals surface area contributed by atoms with E-state index in [1.165, 1.54) is 54.9 Å². The molecule has 6 nitrogen and oxygen atoms in total. The molecule has 1 aromatic carbocycles. The predicted octanol–water partition coefficient (Wildman–Crippen LogP) is 5.23. The summed E-state index contributed by atoms with van der Waals surface area (Å²) >= 11 is 7.38. The van der Waals surface area contributed by atoms with Crippen molar-refractivity contribution in [1.82, 2.24) is 0 Å². The number of benzene rings is 1. The van der Waals surface area contributed by atoms with Crippen LogP contribution in [0.3, 0.4) is 0 Å². The number of fused-ring (bicyclic) bond motifs is 1. The third-order valence-electron chi connectivity index (χ3n) is 6.52. The van der Waals surface area contributed by atoms with E-state index in [9.17, 15) is 9.59 Å². The normalized spacial score (nSPS) is 21.4. The lowest BCUT2D eigenvalue weighted by Crippen LogP contribution is -2.50. The van der Waals surface area contributed by atoms with Crippen LogP contribution in [0, 0.1) is 5.92 Å². The van der Waals surface area contributed by atoms with Crippen LogP contribution in [-0.4, -0.2) is 36.6 Å². The average molecular weight is 462 g/mol. The molecular formula is C23H30ClN4O2S+. The first-order chi connectivity index (χ1) is 14.8. The Hall–Kier alpha value is -2.09. The molecule has 166 valence electrons. The number of halogens is 1. The maximum Gasteiger partial charge on any atom is 0.324 e. The first-order valence-electron chi connectivity index (χ1n) is 10.9. The fraction of sp³-hybridized carbons (Fsp3) is 0.478. The van der Waals surface area contributed by atoms with Crippen LogP contribution in [0.5, 0.6) is 0 Å². The fourth-order valence-electron chi connectivity index (χ4n) is 5.01. The number of carbonyl (C=O) groups is 2. The van der Waals surface area contributed by atoms with Gasteiger partial charge in [0, 0.05) is 23.0 Å². The molecule has 31 heavy (non-hydrogen) atoms. The van der Waals surface area contributed by atoms with Crippen molar-refractivity contribution < 1.29 is 14.1 Å². The highest BCUT2D eigenvalue weighted by molar-refractivity contribution is 7.17. The van der Waals surface area contributed by atoms with Gasteiger partial charge in [0.2, 0.25) is 0 Å². The zero-order valence-electron chi connectivity index (χ0n) is 17.9. The number of thiophene rings is 1. The smallest absolute Gasteiger partial charge is 0.324 e. The summed E-state index contributed by atoms with van der Waals surface area (Å²) in [4.78, 5) is 26.0. The van der Waals surface area contributed by atoms with Gasteiger partial charge in [-0.05, 0) is 42.7 Å². The Labute approximate surface area is 192 Å². The Morgan fingerprint density at radius 3 is 2.55 bits per heavy atom. The third-order valence-corrected chi connectivity index (χ3v) is 7.90. The summed E-state index contributed by atoms with van der Waals surface area (Å²) in [5, 5.41) is 6.76. The molecule has 1 aliphatic carbocycles. The molecular weight excluding hydrogens is 432 g/mol. The van der Waals surface area contributed by atoms with E-state index >= 15 is 0 Å². The van der Waals surface area contributed by atoms with Crippen LogP contribution in [0.1, 0.15) is 52.9 Å². The lowest BCUT2D eigenvalue weighted by molar-refractivity contribution is -0.927. The van der Waals surface area contributed by atoms with Gasteiger partial charge < -0.3 is 15.5 Å². The molecule has 3 amide bonds. The first-order valence-corrected chi connectivity index (χ1v) is 12.1. The number of nitrogens with zero attached hydrogens (tertiary/aromatic N) is 1. The number of hydrogen-bond acceptors (Lipinski definition) is 3. The number of rotatable bonds is 5. The molecule has 1 aromatic heterocycles. The van der Waals surface area contributed by atoms with E-state index in [0.29, 0.717) is 21.3 Å². The van der Waals surface area contributed by atoms with Gasteiger partial charge in [0.05, 0.1) is 30.6 Å². The molecule has 0 radical (unpaired) electrons. The second kappa shape index (κ2) is 9.18. The van der Waals surface area contributed by atoms with Crippen LogP contribution in [0.25, 0.3) is 0 Å². The van der Waals surface area contributed by atoms with Crippen LogP contribution in [0.4, 0.5) is 15.5 Å². The number of anilines is 2. The second-order valence-electron chi connectivity index (χ2n) is 9.10. The minimum absolute atomic E-state index is 0.400. The van der Waals surface area contributed by atoms with Crippen molar-refractivity contribution >= 4 is 45.6 Å². The van der Waals surface area contributed by atoms with Gasteiger partial charge in [0.15, 0.2) is 0 Å². The molecule has 2 aromatic rings. The minimum Gasteiger partial charge on any atom is -0.365 e. The van der Waals surface area contributed by atoms with Gasteiger partial charge in [-0.1, -0.05) is 30.9 Å². The molecule has 2 heterocycles. The molecule has 0 saturated heterocycles. The van der Waals surface area contributed by atoms with Crippen molar-refractivity contribution in [3.63, 3.8) is 0 Å². The summed E-state index contributed by atoms with van der Waals surface area (Å²) < 4.78 is 0.993. The molecule has 4 rings (SSSR count). The van der Waals surface area contributed by atoms with E-state index in [-0.39, 0.29) is 0 Å². The van der Waals surface area contributed by atoms with E-state index in [4.69, 9.17) is 17.3 Å². The predicted molar refractivity (Wildman–Crippen MR) is 127 cm³/mol. The summed E-state index contributed by atoms with van der Waals surface area (Å²) in [6, 6.07) is 6.47. The van der Waals surface area contributed by atoms with Crippen LogP contribution in [0.2, 0.25) is 5.02 Å². The summed E-state index contributed by atoms with van der Waals surface area (Å²) in [5.41, 5.74) is 7.83. The molecule has 0 bridgehead atoms. The number of nitrogens with two attached hydrogens (primary N) is 1. The first kappa shape index (κ1) is 22.1. The minimum atomic E-state index is -0.484. The van der Waals surface area contributed by atoms with Gasteiger partial charge in [-0.25, -0.2) is 4.79 Å². The van der Waals surface area contributed by atoms with Gasteiger partial charge in [-0.15, -0.1) is 11.3 Å². The molecule has 1 atom stereocenters. The zero-order valence-corrected chi connectivity index (χ0v) is 19.5. The van der Waals surface area contributed by atoms with Gasteiger partial charge >= 0.3 is 6.03 Å². The van der Waals surface area contributed by atoms with Crippen molar-refractivity contribution in [2.75, 3.05) is 30.8 Å². The summed E-state index contributed by atoms with van der Waals surface area (Å²) in [5.74, 6) is 0.307. The Bertz CT molecular complexity index is 969. The summed E-state index contributed by atoms with van der Waals surface area (Å²) in [6.07, 6.45) is 7.53. The van der Waals surface area contributed by atoms with Crippen LogP contribution in [0.15, 0.2) is 24.3 Å². The molecule has 2 aliphatic rings. The van der Waals surface area contributed by atoms with Crippen LogP contribution >= 0.6 is 22.9 Å². The van der Waals surface area contributed by atoms with Crippen molar-refractivity contribution in [3.8, 4) is 0 Å². The summed E-state index contributed by atoms with van der Waals surface area (Å²) in [7, 11) is 2.32. The largest absolute Gasteiger partial charge is 0.365 e. The number of urea groups is 1. The maximum atomic E-state index is 12.5. The van der Waals surface area contributed by atoms with Crippen LogP contribution < -0.4 is 16.4 Å². The standard InChI is InChI=1S/C23H29ClN4O2S/c1-28(13-15-5-3-2-4-6-15)12-11-18-19(14-28)31-22(20(18)21(25)29)27-23(30)26-17-9-7-16(24)8-10-17/h7-10,15H,2-6,11-14H2,1H3,(H3-,25,26,27,29,30)/p+1. The molecule has 0 spiro atoms. The topological polar surface area (TPSA) is 84.2 Å². The van der Waals surface area contributed by atoms with E-state index < -0.39 is 11.9 Å². The number of amides is 3. The van der Waals surface area contributed by atoms with Crippen molar-refractivity contribution in [1.29, 1.82) is 0 Å². The maximum absolute atomic E-state index is 12.5. The second-order valence-corrected chi connectivity index (χ2v) is 10.6. The van der Waals surface area contributed by atoms with Gasteiger partial charge in [-0.2, -0.15) is 0 Å².